The summed E-state index contributed by atoms with van der Waals surface area (Å²) in [5.74, 6) is 0.920. The van der Waals surface area contributed by atoms with Gasteiger partial charge in [0.05, 0.1) is 6.54 Å². The van der Waals surface area contributed by atoms with Gasteiger partial charge in [-0.25, -0.2) is 4.79 Å². The summed E-state index contributed by atoms with van der Waals surface area (Å²) < 4.78 is 5.77. The van der Waals surface area contributed by atoms with Crippen LogP contribution in [0.15, 0.2) is 12.1 Å². The Bertz CT molecular complexity index is 762. The molecule has 0 saturated carbocycles. The van der Waals surface area contributed by atoms with E-state index in [1.165, 1.54) is 5.56 Å². The summed E-state index contributed by atoms with van der Waals surface area (Å²) in [7, 11) is 0. The first-order valence-corrected chi connectivity index (χ1v) is 10.4. The minimum absolute atomic E-state index is 0.152. The number of ether oxygens (including phenoxy) is 1. The zero-order valence-corrected chi connectivity index (χ0v) is 17.1. The van der Waals surface area contributed by atoms with Crippen LogP contribution in [0.25, 0.3) is 0 Å². The molecule has 6 nitrogen and oxygen atoms in total. The van der Waals surface area contributed by atoms with Crippen molar-refractivity contribution in [2.75, 3.05) is 32.7 Å². The molecule has 0 radical (unpaired) electrons. The van der Waals surface area contributed by atoms with E-state index in [1.54, 1.807) is 0 Å². The minimum atomic E-state index is -0.372. The molecule has 152 valence electrons. The van der Waals surface area contributed by atoms with Crippen molar-refractivity contribution in [2.45, 2.75) is 45.6 Å². The Kier molecular flexibility index (Phi) is 5.08. The van der Waals surface area contributed by atoms with E-state index >= 15 is 0 Å². The van der Waals surface area contributed by atoms with Gasteiger partial charge in [-0.2, -0.15) is 0 Å². The number of carbonyl (C=O) groups excluding carboxylic acids is 2. The number of piperidine rings is 2. The summed E-state index contributed by atoms with van der Waals surface area (Å²) in [4.78, 5) is 26.9. The average molecular weight is 386 g/mol. The van der Waals surface area contributed by atoms with E-state index in [0.29, 0.717) is 18.4 Å². The predicted molar refractivity (Wildman–Crippen MR) is 107 cm³/mol. The Labute approximate surface area is 167 Å². The lowest BCUT2D eigenvalue weighted by molar-refractivity contribution is -0.0478. The highest BCUT2D eigenvalue weighted by molar-refractivity contribution is 5.97. The highest BCUT2D eigenvalue weighted by Crippen LogP contribution is 2.40. The lowest BCUT2D eigenvalue weighted by Gasteiger charge is -2.46. The van der Waals surface area contributed by atoms with E-state index in [1.807, 2.05) is 18.7 Å². The maximum atomic E-state index is 13.2. The molecule has 0 aliphatic carbocycles. The number of aryl methyl sites for hydroxylation is 3. The van der Waals surface area contributed by atoms with E-state index in [9.17, 15) is 9.59 Å². The zero-order valence-electron chi connectivity index (χ0n) is 17.1. The maximum Gasteiger partial charge on any atom is 0.407 e. The van der Waals surface area contributed by atoms with Crippen molar-refractivity contribution in [3.8, 4) is 0 Å². The van der Waals surface area contributed by atoms with Crippen molar-refractivity contribution < 1.29 is 14.3 Å². The van der Waals surface area contributed by atoms with Crippen LogP contribution in [0.2, 0.25) is 0 Å². The number of alkyl carbamates (subject to hydrolysis) is 1. The molecule has 2 atom stereocenters. The third-order valence-corrected chi connectivity index (χ3v) is 6.88. The molecule has 1 aromatic rings. The number of hydrogen-bond acceptors (Lipinski definition) is 4. The Balaban J connectivity index is 1.45. The third-order valence-electron chi connectivity index (χ3n) is 6.88. The molecule has 1 spiro atoms. The van der Waals surface area contributed by atoms with Crippen molar-refractivity contribution in [1.82, 2.24) is 15.5 Å². The quantitative estimate of drug-likeness (QED) is 0.821. The van der Waals surface area contributed by atoms with Gasteiger partial charge in [-0.15, -0.1) is 0 Å². The Hall–Kier alpha value is -2.08. The molecule has 3 saturated heterocycles. The minimum Gasteiger partial charge on any atom is -0.441 e. The molecule has 6 heteroatoms. The molecule has 0 bridgehead atoms. The maximum absolute atomic E-state index is 13.2. The van der Waals surface area contributed by atoms with E-state index in [0.717, 1.165) is 62.1 Å². The Morgan fingerprint density at radius 2 is 1.86 bits per heavy atom. The zero-order chi connectivity index (χ0) is 19.9. The van der Waals surface area contributed by atoms with Crippen LogP contribution in [0.5, 0.6) is 0 Å². The number of carbonyl (C=O) groups is 2. The summed E-state index contributed by atoms with van der Waals surface area (Å²) in [6, 6.07) is 4.18. The van der Waals surface area contributed by atoms with Crippen molar-refractivity contribution in [3.63, 3.8) is 0 Å². The molecule has 1 aromatic carbocycles. The number of amides is 2. The van der Waals surface area contributed by atoms with Crippen LogP contribution in [0, 0.1) is 32.6 Å². The van der Waals surface area contributed by atoms with Gasteiger partial charge in [0.25, 0.3) is 5.91 Å². The van der Waals surface area contributed by atoms with Crippen LogP contribution in [0.3, 0.4) is 0 Å². The van der Waals surface area contributed by atoms with E-state index in [2.05, 4.69) is 29.7 Å². The van der Waals surface area contributed by atoms with E-state index in [4.69, 9.17) is 4.74 Å². The van der Waals surface area contributed by atoms with Crippen LogP contribution in [-0.4, -0.2) is 55.2 Å². The SMILES string of the molecule is Cc1cc(C)c(C(=O)N2CCC(C3CNCCC34CNC(=O)O4)CC2)c(C)c1. The molecule has 28 heavy (non-hydrogen) atoms. The topological polar surface area (TPSA) is 70.7 Å². The van der Waals surface area contributed by atoms with Crippen LogP contribution in [0.1, 0.15) is 46.3 Å². The first-order valence-electron chi connectivity index (χ1n) is 10.4. The molecular weight excluding hydrogens is 354 g/mol. The lowest BCUT2D eigenvalue weighted by atomic mass is 9.71. The molecule has 2 N–H and O–H groups in total. The van der Waals surface area contributed by atoms with Crippen LogP contribution in [0.4, 0.5) is 4.79 Å². The van der Waals surface area contributed by atoms with E-state index in [-0.39, 0.29) is 17.6 Å². The fourth-order valence-corrected chi connectivity index (χ4v) is 5.53. The summed E-state index contributed by atoms with van der Waals surface area (Å²) >= 11 is 0. The van der Waals surface area contributed by atoms with Crippen molar-refractivity contribution in [3.05, 3.63) is 34.4 Å². The second-order valence-corrected chi connectivity index (χ2v) is 8.77. The average Bonchev–Trinajstić information content (AvgIpc) is 3.02. The van der Waals surface area contributed by atoms with Gasteiger partial charge in [0, 0.05) is 37.5 Å². The fourth-order valence-electron chi connectivity index (χ4n) is 5.53. The van der Waals surface area contributed by atoms with Gasteiger partial charge in [-0.1, -0.05) is 17.7 Å². The summed E-state index contributed by atoms with van der Waals surface area (Å²) in [5, 5.41) is 6.34. The molecule has 2 amide bonds. The Morgan fingerprint density at radius 3 is 2.46 bits per heavy atom. The number of likely N-dealkylation sites (tertiary alicyclic amines) is 1. The summed E-state index contributed by atoms with van der Waals surface area (Å²) in [6.07, 6.45) is 2.49. The standard InChI is InChI=1S/C22H31N3O3/c1-14-10-15(2)19(16(3)11-14)20(26)25-8-4-17(5-9-25)18-12-23-7-6-22(18)13-24-21(27)28-22/h10-11,17-18,23H,4-9,12-13H2,1-3H3,(H,24,27). The monoisotopic (exact) mass is 385 g/mol. The van der Waals surface area contributed by atoms with Crippen LogP contribution in [-0.2, 0) is 4.74 Å². The third kappa shape index (κ3) is 3.39. The van der Waals surface area contributed by atoms with Gasteiger partial charge in [0.1, 0.15) is 5.60 Å². The molecule has 0 aromatic heterocycles. The Morgan fingerprint density at radius 1 is 1.18 bits per heavy atom. The first kappa shape index (κ1) is 19.2. The molecule has 3 heterocycles. The number of rotatable bonds is 2. The molecule has 3 aliphatic rings. The number of nitrogens with zero attached hydrogens (tertiary/aromatic N) is 1. The number of nitrogens with one attached hydrogen (secondary N) is 2. The summed E-state index contributed by atoms with van der Waals surface area (Å²) in [5.41, 5.74) is 3.80. The highest BCUT2D eigenvalue weighted by Gasteiger charge is 2.51. The molecule has 2 unspecified atom stereocenters. The van der Waals surface area contributed by atoms with Gasteiger partial charge >= 0.3 is 6.09 Å². The second-order valence-electron chi connectivity index (χ2n) is 8.77. The van der Waals surface area contributed by atoms with Gasteiger partial charge in [0.15, 0.2) is 0 Å². The van der Waals surface area contributed by atoms with Crippen LogP contribution < -0.4 is 10.6 Å². The molecule has 3 aliphatic heterocycles. The second kappa shape index (κ2) is 7.39. The van der Waals surface area contributed by atoms with Crippen LogP contribution >= 0.6 is 0 Å². The van der Waals surface area contributed by atoms with Gasteiger partial charge in [-0.3, -0.25) is 4.79 Å². The van der Waals surface area contributed by atoms with Crippen molar-refractivity contribution in [1.29, 1.82) is 0 Å². The van der Waals surface area contributed by atoms with Crippen molar-refractivity contribution >= 4 is 12.0 Å². The van der Waals surface area contributed by atoms with Gasteiger partial charge in [0.2, 0.25) is 0 Å². The number of hydrogen-bond donors (Lipinski definition) is 2. The van der Waals surface area contributed by atoms with E-state index < -0.39 is 0 Å². The lowest BCUT2D eigenvalue weighted by Crippen LogP contribution is -2.56. The predicted octanol–water partition coefficient (Wildman–Crippen LogP) is 2.55. The number of benzene rings is 1. The van der Waals surface area contributed by atoms with Gasteiger partial charge < -0.3 is 20.3 Å². The fraction of sp³-hybridized carbons (Fsp3) is 0.636. The summed E-state index contributed by atoms with van der Waals surface area (Å²) in [6.45, 7) is 10.0. The normalized spacial score (nSPS) is 28.3. The largest absolute Gasteiger partial charge is 0.441 e. The highest BCUT2D eigenvalue weighted by atomic mass is 16.6. The smallest absolute Gasteiger partial charge is 0.407 e. The molecular formula is C22H31N3O3. The van der Waals surface area contributed by atoms with Gasteiger partial charge in [-0.05, 0) is 57.2 Å². The molecule has 3 fully saturated rings. The molecule has 4 rings (SSSR count). The van der Waals surface area contributed by atoms with Crippen molar-refractivity contribution in [2.24, 2.45) is 11.8 Å². The first-order chi connectivity index (χ1) is 13.4.